The van der Waals surface area contributed by atoms with Crippen LogP contribution in [0.15, 0.2) is 42.7 Å². The molecule has 1 saturated heterocycles. The molecule has 1 N–H and O–H groups in total. The molecule has 1 aromatic heterocycles. The van der Waals surface area contributed by atoms with Gasteiger partial charge in [-0.3, -0.25) is 19.9 Å². The van der Waals surface area contributed by atoms with Gasteiger partial charge in [0.2, 0.25) is 0 Å². The molecular formula is C18H20N4O3. The van der Waals surface area contributed by atoms with Crippen LogP contribution in [0, 0.1) is 10.1 Å². The van der Waals surface area contributed by atoms with E-state index in [-0.39, 0.29) is 17.6 Å². The molecule has 7 heteroatoms. The fraction of sp³-hybridized carbons (Fsp3) is 0.333. The number of piperazine rings is 1. The number of amides is 1. The van der Waals surface area contributed by atoms with Crippen LogP contribution in [0.2, 0.25) is 0 Å². The molecule has 0 aliphatic carbocycles. The van der Waals surface area contributed by atoms with E-state index in [9.17, 15) is 14.9 Å². The minimum atomic E-state index is -0.425. The Morgan fingerprint density at radius 1 is 1.44 bits per heavy atom. The Balaban J connectivity index is 1.93. The zero-order valence-corrected chi connectivity index (χ0v) is 14.0. The number of carbonyl (C=O) groups excluding carboxylic acids is 1. The van der Waals surface area contributed by atoms with Crippen molar-refractivity contribution in [1.29, 1.82) is 0 Å². The van der Waals surface area contributed by atoms with E-state index in [4.69, 9.17) is 0 Å². The molecule has 130 valence electrons. The lowest BCUT2D eigenvalue weighted by atomic mass is 10.0. The normalized spacial score (nSPS) is 17.3. The van der Waals surface area contributed by atoms with Gasteiger partial charge in [-0.15, -0.1) is 0 Å². The second-order valence-corrected chi connectivity index (χ2v) is 5.96. The Bertz CT molecular complexity index is 779. The Morgan fingerprint density at radius 3 is 2.96 bits per heavy atom. The monoisotopic (exact) mass is 340 g/mol. The van der Waals surface area contributed by atoms with Crippen LogP contribution >= 0.6 is 0 Å². The maximum Gasteiger partial charge on any atom is 0.273 e. The minimum absolute atomic E-state index is 0.00131. The number of nitro benzene ring substituents is 1. The first kappa shape index (κ1) is 17.0. The molecule has 1 aliphatic rings. The van der Waals surface area contributed by atoms with Crippen LogP contribution in [0.1, 0.15) is 34.5 Å². The van der Waals surface area contributed by atoms with Crippen molar-refractivity contribution in [3.05, 3.63) is 69.5 Å². The molecule has 1 unspecified atom stereocenters. The van der Waals surface area contributed by atoms with Gasteiger partial charge in [-0.05, 0) is 24.1 Å². The Morgan fingerprint density at radius 2 is 2.28 bits per heavy atom. The second-order valence-electron chi connectivity index (χ2n) is 5.96. The van der Waals surface area contributed by atoms with Crippen molar-refractivity contribution < 1.29 is 9.72 Å². The first-order chi connectivity index (χ1) is 12.1. The fourth-order valence-electron chi connectivity index (χ4n) is 3.15. The van der Waals surface area contributed by atoms with Crippen LogP contribution in [0.4, 0.5) is 5.69 Å². The molecule has 1 fully saturated rings. The van der Waals surface area contributed by atoms with Crippen molar-refractivity contribution in [2.45, 2.75) is 19.4 Å². The molecule has 0 radical (unpaired) electrons. The van der Waals surface area contributed by atoms with Gasteiger partial charge >= 0.3 is 0 Å². The molecule has 0 bridgehead atoms. The van der Waals surface area contributed by atoms with Crippen LogP contribution in [0.5, 0.6) is 0 Å². The molecule has 0 saturated carbocycles. The number of hydrogen-bond acceptors (Lipinski definition) is 5. The summed E-state index contributed by atoms with van der Waals surface area (Å²) >= 11 is 0. The van der Waals surface area contributed by atoms with E-state index in [1.807, 2.05) is 19.1 Å². The average molecular weight is 340 g/mol. The van der Waals surface area contributed by atoms with Gasteiger partial charge in [0, 0.05) is 49.2 Å². The van der Waals surface area contributed by atoms with E-state index in [1.54, 1.807) is 29.4 Å². The standard InChI is InChI=1S/C18H20N4O3/c1-2-13-5-6-14(10-16(13)22(24)25)18(23)21-9-8-20-12-17(21)15-4-3-7-19-11-15/h3-7,10-11,17,20H,2,8-9,12H2,1H3. The molecule has 1 atom stereocenters. The summed E-state index contributed by atoms with van der Waals surface area (Å²) in [6, 6.07) is 8.38. The van der Waals surface area contributed by atoms with E-state index in [0.29, 0.717) is 37.2 Å². The molecule has 1 aliphatic heterocycles. The fourth-order valence-corrected chi connectivity index (χ4v) is 3.15. The first-order valence-electron chi connectivity index (χ1n) is 8.30. The second kappa shape index (κ2) is 7.40. The van der Waals surface area contributed by atoms with E-state index < -0.39 is 4.92 Å². The lowest BCUT2D eigenvalue weighted by Gasteiger charge is -2.36. The third-order valence-electron chi connectivity index (χ3n) is 4.48. The lowest BCUT2D eigenvalue weighted by Crippen LogP contribution is -2.48. The van der Waals surface area contributed by atoms with E-state index >= 15 is 0 Å². The maximum absolute atomic E-state index is 13.0. The summed E-state index contributed by atoms with van der Waals surface area (Å²) in [5, 5.41) is 14.6. The van der Waals surface area contributed by atoms with Gasteiger partial charge in [-0.2, -0.15) is 0 Å². The van der Waals surface area contributed by atoms with Crippen molar-refractivity contribution in [3.8, 4) is 0 Å². The highest BCUT2D eigenvalue weighted by molar-refractivity contribution is 5.95. The smallest absolute Gasteiger partial charge is 0.273 e. The lowest BCUT2D eigenvalue weighted by molar-refractivity contribution is -0.385. The SMILES string of the molecule is CCc1ccc(C(=O)N2CCNCC2c2cccnc2)cc1[N+](=O)[O-]. The van der Waals surface area contributed by atoms with E-state index in [1.165, 1.54) is 6.07 Å². The molecule has 1 aromatic carbocycles. The third kappa shape index (κ3) is 3.51. The number of pyridine rings is 1. The molecule has 1 amide bonds. The Labute approximate surface area is 145 Å². The summed E-state index contributed by atoms with van der Waals surface area (Å²) in [5.41, 5.74) is 1.93. The van der Waals surface area contributed by atoms with Gasteiger partial charge in [0.15, 0.2) is 0 Å². The number of aromatic nitrogens is 1. The summed E-state index contributed by atoms with van der Waals surface area (Å²) in [7, 11) is 0. The van der Waals surface area contributed by atoms with Crippen LogP contribution in [-0.2, 0) is 6.42 Å². The van der Waals surface area contributed by atoms with Gasteiger partial charge in [0.05, 0.1) is 11.0 Å². The van der Waals surface area contributed by atoms with Gasteiger partial charge in [0.25, 0.3) is 11.6 Å². The number of rotatable bonds is 4. The van der Waals surface area contributed by atoms with Crippen molar-refractivity contribution in [2.75, 3.05) is 19.6 Å². The number of aryl methyl sites for hydroxylation is 1. The van der Waals surface area contributed by atoms with Crippen LogP contribution in [0.25, 0.3) is 0 Å². The van der Waals surface area contributed by atoms with E-state index in [0.717, 1.165) is 5.56 Å². The largest absolute Gasteiger partial charge is 0.329 e. The zero-order chi connectivity index (χ0) is 17.8. The van der Waals surface area contributed by atoms with E-state index in [2.05, 4.69) is 10.3 Å². The molecule has 25 heavy (non-hydrogen) atoms. The van der Waals surface area contributed by atoms with Crippen molar-refractivity contribution in [1.82, 2.24) is 15.2 Å². The highest BCUT2D eigenvalue weighted by Crippen LogP contribution is 2.26. The third-order valence-corrected chi connectivity index (χ3v) is 4.48. The quantitative estimate of drug-likeness (QED) is 0.682. The zero-order valence-electron chi connectivity index (χ0n) is 14.0. The molecular weight excluding hydrogens is 320 g/mol. The number of nitrogens with one attached hydrogen (secondary N) is 1. The summed E-state index contributed by atoms with van der Waals surface area (Å²) in [4.78, 5) is 29.8. The summed E-state index contributed by atoms with van der Waals surface area (Å²) in [6.07, 6.45) is 4.00. The van der Waals surface area contributed by atoms with Gasteiger partial charge < -0.3 is 10.2 Å². The van der Waals surface area contributed by atoms with Crippen molar-refractivity contribution in [3.63, 3.8) is 0 Å². The molecule has 0 spiro atoms. The highest BCUT2D eigenvalue weighted by atomic mass is 16.6. The summed E-state index contributed by atoms with van der Waals surface area (Å²) in [5.74, 6) is -0.193. The highest BCUT2D eigenvalue weighted by Gasteiger charge is 2.29. The number of hydrogen-bond donors (Lipinski definition) is 1. The Kier molecular flexibility index (Phi) is 5.04. The topological polar surface area (TPSA) is 88.4 Å². The number of carbonyl (C=O) groups is 1. The Hall–Kier alpha value is -2.80. The van der Waals surface area contributed by atoms with Crippen molar-refractivity contribution in [2.24, 2.45) is 0 Å². The van der Waals surface area contributed by atoms with Gasteiger partial charge in [-0.1, -0.05) is 19.1 Å². The maximum atomic E-state index is 13.0. The van der Waals surface area contributed by atoms with Crippen LogP contribution < -0.4 is 5.32 Å². The van der Waals surface area contributed by atoms with Gasteiger partial charge in [0.1, 0.15) is 0 Å². The molecule has 7 nitrogen and oxygen atoms in total. The number of nitro groups is 1. The summed E-state index contributed by atoms with van der Waals surface area (Å²) in [6.45, 7) is 3.73. The average Bonchev–Trinajstić information content (AvgIpc) is 2.67. The molecule has 2 aromatic rings. The van der Waals surface area contributed by atoms with Crippen molar-refractivity contribution >= 4 is 11.6 Å². The minimum Gasteiger partial charge on any atom is -0.329 e. The summed E-state index contributed by atoms with van der Waals surface area (Å²) < 4.78 is 0. The number of benzene rings is 1. The number of nitrogens with zero attached hydrogens (tertiary/aromatic N) is 3. The predicted molar refractivity (Wildman–Crippen MR) is 93.4 cm³/mol. The molecule has 2 heterocycles. The van der Waals surface area contributed by atoms with Crippen LogP contribution in [0.3, 0.4) is 0 Å². The molecule has 3 rings (SSSR count). The first-order valence-corrected chi connectivity index (χ1v) is 8.30. The van der Waals surface area contributed by atoms with Gasteiger partial charge in [-0.25, -0.2) is 0 Å². The predicted octanol–water partition coefficient (Wildman–Crippen LogP) is 2.34. The van der Waals surface area contributed by atoms with Crippen LogP contribution in [-0.4, -0.2) is 40.3 Å².